The smallest absolute Gasteiger partial charge is 0.0163 e. The lowest BCUT2D eigenvalue weighted by Gasteiger charge is -2.36. The predicted octanol–water partition coefficient (Wildman–Crippen LogP) is 2.84. The van der Waals surface area contributed by atoms with E-state index in [9.17, 15) is 0 Å². The van der Waals surface area contributed by atoms with Gasteiger partial charge in [-0.1, -0.05) is 13.8 Å². The Morgan fingerprint density at radius 2 is 2.00 bits per heavy atom. The van der Waals surface area contributed by atoms with Crippen molar-refractivity contribution in [3.8, 4) is 0 Å². The van der Waals surface area contributed by atoms with Gasteiger partial charge in [0.15, 0.2) is 0 Å². The molecule has 1 atom stereocenters. The van der Waals surface area contributed by atoms with Crippen LogP contribution < -0.4 is 5.32 Å². The fourth-order valence-electron chi connectivity index (χ4n) is 3.24. The van der Waals surface area contributed by atoms with E-state index in [0.29, 0.717) is 5.41 Å². The molecule has 2 fully saturated rings. The Labute approximate surface area is 117 Å². The summed E-state index contributed by atoms with van der Waals surface area (Å²) in [5.74, 6) is 3.62. The Hall–Kier alpha value is 0.270. The number of rotatable bonds is 4. The molecule has 0 bridgehead atoms. The zero-order valence-corrected chi connectivity index (χ0v) is 13.2. The molecule has 2 heterocycles. The first-order valence-electron chi connectivity index (χ1n) is 7.55. The zero-order chi connectivity index (χ0) is 13.0. The van der Waals surface area contributed by atoms with Gasteiger partial charge < -0.3 is 10.2 Å². The minimum absolute atomic E-state index is 0.536. The largest absolute Gasteiger partial charge is 0.313 e. The maximum Gasteiger partial charge on any atom is 0.0163 e. The van der Waals surface area contributed by atoms with Gasteiger partial charge in [-0.3, -0.25) is 0 Å². The van der Waals surface area contributed by atoms with Crippen molar-refractivity contribution in [2.24, 2.45) is 11.3 Å². The molecule has 0 radical (unpaired) electrons. The maximum atomic E-state index is 3.80. The van der Waals surface area contributed by atoms with Gasteiger partial charge in [-0.25, -0.2) is 0 Å². The number of nitrogens with zero attached hydrogens (tertiary/aromatic N) is 1. The summed E-state index contributed by atoms with van der Waals surface area (Å²) in [4.78, 5) is 2.46. The predicted molar refractivity (Wildman–Crippen MR) is 82.4 cm³/mol. The second-order valence-corrected chi connectivity index (χ2v) is 8.10. The minimum atomic E-state index is 0.536. The highest BCUT2D eigenvalue weighted by atomic mass is 32.2. The van der Waals surface area contributed by atoms with Crippen molar-refractivity contribution in [2.75, 3.05) is 38.2 Å². The van der Waals surface area contributed by atoms with Crippen LogP contribution in [0.5, 0.6) is 0 Å². The second-order valence-electron chi connectivity index (χ2n) is 7.07. The number of hydrogen-bond acceptors (Lipinski definition) is 3. The number of hydrogen-bond donors (Lipinski definition) is 1. The molecule has 0 aliphatic carbocycles. The molecule has 106 valence electrons. The van der Waals surface area contributed by atoms with Crippen LogP contribution in [0.25, 0.3) is 0 Å². The van der Waals surface area contributed by atoms with Gasteiger partial charge in [0, 0.05) is 11.8 Å². The highest BCUT2D eigenvalue weighted by Gasteiger charge is 2.28. The lowest BCUT2D eigenvalue weighted by molar-refractivity contribution is 0.209. The molecular weight excluding hydrogens is 240 g/mol. The third-order valence-corrected chi connectivity index (χ3v) is 6.06. The van der Waals surface area contributed by atoms with Crippen molar-refractivity contribution in [1.29, 1.82) is 0 Å². The fourth-order valence-corrected chi connectivity index (χ4v) is 4.54. The Bertz CT molecular complexity index is 247. The van der Waals surface area contributed by atoms with Gasteiger partial charge in [0.25, 0.3) is 0 Å². The highest BCUT2D eigenvalue weighted by Crippen LogP contribution is 2.33. The van der Waals surface area contributed by atoms with Crippen LogP contribution in [-0.2, 0) is 0 Å². The van der Waals surface area contributed by atoms with Crippen molar-refractivity contribution >= 4 is 11.8 Å². The molecule has 2 nitrogen and oxygen atoms in total. The van der Waals surface area contributed by atoms with E-state index in [1.54, 1.807) is 0 Å². The van der Waals surface area contributed by atoms with Gasteiger partial charge in [0.05, 0.1) is 0 Å². The van der Waals surface area contributed by atoms with Gasteiger partial charge in [-0.2, -0.15) is 11.8 Å². The van der Waals surface area contributed by atoms with Crippen LogP contribution in [0.2, 0.25) is 0 Å². The summed E-state index contributed by atoms with van der Waals surface area (Å²) in [6.45, 7) is 8.65. The topological polar surface area (TPSA) is 15.3 Å². The van der Waals surface area contributed by atoms with E-state index in [0.717, 1.165) is 12.0 Å². The lowest BCUT2D eigenvalue weighted by Crippen LogP contribution is -2.41. The third-order valence-electron chi connectivity index (χ3n) is 4.43. The molecule has 0 aromatic carbocycles. The van der Waals surface area contributed by atoms with E-state index in [1.807, 2.05) is 0 Å². The Morgan fingerprint density at radius 1 is 1.28 bits per heavy atom. The molecule has 0 amide bonds. The van der Waals surface area contributed by atoms with Gasteiger partial charge in [0.1, 0.15) is 0 Å². The summed E-state index contributed by atoms with van der Waals surface area (Å²) in [6.07, 6.45) is 5.55. The molecule has 2 aliphatic heterocycles. The minimum Gasteiger partial charge on any atom is -0.313 e. The molecule has 2 saturated heterocycles. The summed E-state index contributed by atoms with van der Waals surface area (Å²) in [5.41, 5.74) is 0.536. The Balaban J connectivity index is 1.60. The van der Waals surface area contributed by atoms with Gasteiger partial charge in [0.2, 0.25) is 0 Å². The van der Waals surface area contributed by atoms with E-state index in [2.05, 4.69) is 42.9 Å². The molecule has 18 heavy (non-hydrogen) atoms. The van der Waals surface area contributed by atoms with Crippen LogP contribution in [-0.4, -0.2) is 49.1 Å². The quantitative estimate of drug-likeness (QED) is 0.846. The molecule has 1 unspecified atom stereocenters. The molecule has 0 aromatic heterocycles. The first-order chi connectivity index (χ1) is 8.55. The first kappa shape index (κ1) is 14.7. The zero-order valence-electron chi connectivity index (χ0n) is 12.4. The van der Waals surface area contributed by atoms with Crippen LogP contribution >= 0.6 is 11.8 Å². The summed E-state index contributed by atoms with van der Waals surface area (Å²) in [6, 6.07) is 0.755. The van der Waals surface area contributed by atoms with Crippen molar-refractivity contribution < 1.29 is 0 Å². The molecule has 2 aliphatic rings. The molecule has 0 spiro atoms. The fraction of sp³-hybridized carbons (Fsp3) is 1.00. The van der Waals surface area contributed by atoms with Crippen LogP contribution in [0.1, 0.15) is 39.5 Å². The summed E-state index contributed by atoms with van der Waals surface area (Å²) < 4.78 is 0. The number of nitrogens with one attached hydrogen (secondary N) is 1. The van der Waals surface area contributed by atoms with E-state index >= 15 is 0 Å². The standard InChI is InChI=1S/C15H30N2S/c1-15(2)10-14(11-18-12-15)16-7-4-13-5-8-17(3)9-6-13/h13-14,16H,4-12H2,1-3H3. The maximum absolute atomic E-state index is 3.80. The Kier molecular flexibility index (Phi) is 5.40. The second kappa shape index (κ2) is 6.62. The molecule has 0 saturated carbocycles. The lowest BCUT2D eigenvalue weighted by atomic mass is 9.87. The van der Waals surface area contributed by atoms with Crippen LogP contribution in [0.15, 0.2) is 0 Å². The molecule has 3 heteroatoms. The Morgan fingerprint density at radius 3 is 2.67 bits per heavy atom. The average molecular weight is 270 g/mol. The SMILES string of the molecule is CN1CCC(CCNC2CSCC(C)(C)C2)CC1. The normalized spacial score (nSPS) is 30.5. The van der Waals surface area contributed by atoms with Gasteiger partial charge in [-0.15, -0.1) is 0 Å². The van der Waals surface area contributed by atoms with Crippen LogP contribution in [0, 0.1) is 11.3 Å². The van der Waals surface area contributed by atoms with Gasteiger partial charge >= 0.3 is 0 Å². The van der Waals surface area contributed by atoms with Crippen LogP contribution in [0.3, 0.4) is 0 Å². The average Bonchev–Trinajstić information content (AvgIpc) is 2.30. The van der Waals surface area contributed by atoms with E-state index < -0.39 is 0 Å². The summed E-state index contributed by atoms with van der Waals surface area (Å²) >= 11 is 2.13. The molecular formula is C15H30N2S. The number of thioether (sulfide) groups is 1. The number of likely N-dealkylation sites (tertiary alicyclic amines) is 1. The van der Waals surface area contributed by atoms with Gasteiger partial charge in [-0.05, 0) is 69.5 Å². The molecule has 1 N–H and O–H groups in total. The van der Waals surface area contributed by atoms with Crippen molar-refractivity contribution in [3.05, 3.63) is 0 Å². The molecule has 2 rings (SSSR count). The summed E-state index contributed by atoms with van der Waals surface area (Å²) in [5, 5.41) is 3.80. The van der Waals surface area contributed by atoms with Crippen molar-refractivity contribution in [3.63, 3.8) is 0 Å². The molecule has 0 aromatic rings. The van der Waals surface area contributed by atoms with Crippen molar-refractivity contribution in [1.82, 2.24) is 10.2 Å². The van der Waals surface area contributed by atoms with E-state index in [4.69, 9.17) is 0 Å². The van der Waals surface area contributed by atoms with Crippen LogP contribution in [0.4, 0.5) is 0 Å². The van der Waals surface area contributed by atoms with E-state index in [-0.39, 0.29) is 0 Å². The van der Waals surface area contributed by atoms with Crippen molar-refractivity contribution in [2.45, 2.75) is 45.6 Å². The van der Waals surface area contributed by atoms with E-state index in [1.165, 1.54) is 56.8 Å². The highest BCUT2D eigenvalue weighted by molar-refractivity contribution is 7.99. The summed E-state index contributed by atoms with van der Waals surface area (Å²) in [7, 11) is 2.25. The number of piperidine rings is 1. The monoisotopic (exact) mass is 270 g/mol. The first-order valence-corrected chi connectivity index (χ1v) is 8.70. The third kappa shape index (κ3) is 4.75.